The molecule has 11 heteroatoms. The van der Waals surface area contributed by atoms with Crippen molar-refractivity contribution in [3.8, 4) is 0 Å². The molecule has 2 rings (SSSR count). The van der Waals surface area contributed by atoms with Crippen LogP contribution in [-0.4, -0.2) is 44.6 Å². The summed E-state index contributed by atoms with van der Waals surface area (Å²) in [6, 6.07) is 16.4. The Bertz CT molecular complexity index is 909. The number of nitrogens with one attached hydrogen (secondary N) is 1. The second-order valence-corrected chi connectivity index (χ2v) is 13.6. The quantitative estimate of drug-likeness (QED) is 0.365. The second-order valence-electron chi connectivity index (χ2n) is 6.63. The van der Waals surface area contributed by atoms with E-state index in [1.54, 1.807) is 36.1 Å². The summed E-state index contributed by atoms with van der Waals surface area (Å²) in [4.78, 5) is 25.1. The van der Waals surface area contributed by atoms with Crippen LogP contribution in [0, 0.1) is 0 Å². The Labute approximate surface area is 210 Å². The molecule has 1 N–H and O–H groups in total. The molecular weight excluding hydrogens is 503 g/mol. The first-order valence-corrected chi connectivity index (χ1v) is 14.7. The minimum Gasteiger partial charge on any atom is -0.450 e. The van der Waals surface area contributed by atoms with Gasteiger partial charge >= 0.3 is 6.09 Å². The number of para-hydroxylation sites is 1. The molecule has 2 amide bonds. The van der Waals surface area contributed by atoms with E-state index in [0.717, 1.165) is 11.4 Å². The summed E-state index contributed by atoms with van der Waals surface area (Å²) in [6.07, 6.45) is -0.413. The van der Waals surface area contributed by atoms with Gasteiger partial charge in [0, 0.05) is 36.7 Å². The van der Waals surface area contributed by atoms with Crippen LogP contribution in [0.1, 0.15) is 20.8 Å². The predicted octanol–water partition coefficient (Wildman–Crippen LogP) is 6.59. The number of rotatable bonds is 9. The van der Waals surface area contributed by atoms with Gasteiger partial charge in [0.1, 0.15) is 0 Å². The molecule has 0 fully saturated rings. The number of anilines is 2. The van der Waals surface area contributed by atoms with E-state index in [9.17, 15) is 9.59 Å². The molecule has 0 saturated carbocycles. The maximum atomic E-state index is 12.5. The summed E-state index contributed by atoms with van der Waals surface area (Å²) >= 11 is 12.4. The second kappa shape index (κ2) is 15.3. The molecule has 0 radical (unpaired) electrons. The molecule has 7 nitrogen and oxygen atoms in total. The van der Waals surface area contributed by atoms with Gasteiger partial charge in [0.15, 0.2) is 0 Å². The summed E-state index contributed by atoms with van der Waals surface area (Å²) in [6.45, 7) is 6.07. The molecule has 0 aliphatic carbocycles. The average Bonchev–Trinajstić information content (AvgIpc) is 2.80. The number of ether oxygens (including phenoxy) is 1. The zero-order valence-corrected chi connectivity index (χ0v) is 22.6. The van der Waals surface area contributed by atoms with E-state index in [0.29, 0.717) is 11.6 Å². The molecule has 182 valence electrons. The lowest BCUT2D eigenvalue weighted by Gasteiger charge is -2.27. The summed E-state index contributed by atoms with van der Waals surface area (Å²) in [5.41, 5.74) is -0.868. The third-order valence-electron chi connectivity index (χ3n) is 3.98. The van der Waals surface area contributed by atoms with E-state index < -0.39 is 11.8 Å². The number of hydrogen-bond acceptors (Lipinski definition) is 7. The van der Waals surface area contributed by atoms with Crippen molar-refractivity contribution in [3.05, 3.63) is 59.6 Å². The topological polar surface area (TPSA) is 77.1 Å². The molecule has 0 aliphatic rings. The van der Waals surface area contributed by atoms with Crippen molar-refractivity contribution in [1.82, 2.24) is 0 Å². The van der Waals surface area contributed by atoms with Gasteiger partial charge < -0.3 is 18.7 Å². The normalized spacial score (nSPS) is 10.8. The molecule has 0 spiro atoms. The van der Waals surface area contributed by atoms with Crippen LogP contribution in [0.4, 0.5) is 16.2 Å². The summed E-state index contributed by atoms with van der Waals surface area (Å²) < 4.78 is 15.1. The Morgan fingerprint density at radius 3 is 2.15 bits per heavy atom. The molecule has 2 aromatic carbocycles. The van der Waals surface area contributed by atoms with E-state index in [4.69, 9.17) is 37.2 Å². The van der Waals surface area contributed by atoms with Crippen molar-refractivity contribution in [1.29, 1.82) is 0 Å². The molecule has 0 unspecified atom stereocenters. The van der Waals surface area contributed by atoms with Gasteiger partial charge in [-0.15, -0.1) is 0 Å². The van der Waals surface area contributed by atoms with Crippen LogP contribution in [0.15, 0.2) is 54.6 Å². The van der Waals surface area contributed by atoms with Crippen LogP contribution in [-0.2, 0) is 30.4 Å². The van der Waals surface area contributed by atoms with Gasteiger partial charge in [-0.25, -0.2) is 4.79 Å². The molecule has 0 aliphatic heterocycles. The highest BCUT2D eigenvalue weighted by Gasteiger charge is 2.24. The van der Waals surface area contributed by atoms with E-state index in [2.05, 4.69) is 5.32 Å². The van der Waals surface area contributed by atoms with Gasteiger partial charge in [-0.3, -0.25) is 10.1 Å². The maximum Gasteiger partial charge on any atom is 0.411 e. The predicted molar refractivity (Wildman–Crippen MR) is 142 cm³/mol. The van der Waals surface area contributed by atoms with Crippen LogP contribution in [0.25, 0.3) is 0 Å². The molecule has 2 aromatic rings. The van der Waals surface area contributed by atoms with Crippen molar-refractivity contribution >= 4 is 63.9 Å². The Morgan fingerprint density at radius 2 is 1.67 bits per heavy atom. The fraction of sp³-hybridized carbons (Fsp3) is 0.364. The molecule has 0 bridgehead atoms. The number of benzene rings is 2. The summed E-state index contributed by atoms with van der Waals surface area (Å²) in [5, 5.41) is 3.22. The molecule has 0 heterocycles. The van der Waals surface area contributed by atoms with Gasteiger partial charge in [-0.1, -0.05) is 41.2 Å². The molecular formula is C22H30ClN2O5PS2. The highest BCUT2D eigenvalue weighted by Crippen LogP contribution is 2.59. The van der Waals surface area contributed by atoms with E-state index >= 15 is 0 Å². The van der Waals surface area contributed by atoms with Crippen LogP contribution < -0.4 is 10.2 Å². The monoisotopic (exact) mass is 532 g/mol. The van der Waals surface area contributed by atoms with Crippen LogP contribution in [0.2, 0.25) is 5.02 Å². The zero-order valence-electron chi connectivity index (χ0n) is 19.3. The Morgan fingerprint density at radius 1 is 1.09 bits per heavy atom. The lowest BCUT2D eigenvalue weighted by atomic mass is 10.2. The van der Waals surface area contributed by atoms with Crippen LogP contribution >= 0.6 is 28.7 Å². The number of nitrogens with zero attached hydrogens (tertiary/aromatic N) is 1. The SMILES string of the molecule is CCOC(=O)Nc1ccccc1.COP(=S)(OC)SCC(=O)N(c1ccc(Cl)cc1)C(C)C. The summed E-state index contributed by atoms with van der Waals surface area (Å²) in [5.74, 6) is 0.167. The lowest BCUT2D eigenvalue weighted by Crippen LogP contribution is -2.38. The van der Waals surface area contributed by atoms with E-state index in [-0.39, 0.29) is 17.7 Å². The largest absolute Gasteiger partial charge is 0.450 e. The third-order valence-corrected chi connectivity index (χ3v) is 9.89. The van der Waals surface area contributed by atoms with Crippen molar-refractivity contribution in [2.75, 3.05) is 36.8 Å². The Hall–Kier alpha value is -1.61. The fourth-order valence-electron chi connectivity index (χ4n) is 2.52. The Balaban J connectivity index is 0.000000383. The molecule has 33 heavy (non-hydrogen) atoms. The van der Waals surface area contributed by atoms with Gasteiger partial charge in [0.2, 0.25) is 11.6 Å². The average molecular weight is 533 g/mol. The number of carbonyl (C=O) groups is 2. The number of carbonyl (C=O) groups excluding carboxylic acids is 2. The zero-order chi connectivity index (χ0) is 24.9. The molecule has 0 aromatic heterocycles. The first-order valence-electron chi connectivity index (χ1n) is 10.1. The summed E-state index contributed by atoms with van der Waals surface area (Å²) in [7, 11) is 3.00. The first kappa shape index (κ1) is 29.4. The van der Waals surface area contributed by atoms with E-state index in [1.165, 1.54) is 25.6 Å². The van der Waals surface area contributed by atoms with Gasteiger partial charge in [0.25, 0.3) is 0 Å². The fourth-order valence-corrected chi connectivity index (χ4v) is 5.33. The molecule has 0 saturated heterocycles. The van der Waals surface area contributed by atoms with Crippen LogP contribution in [0.5, 0.6) is 0 Å². The number of amides is 2. The van der Waals surface area contributed by atoms with Gasteiger partial charge in [0.05, 0.1) is 12.4 Å². The smallest absolute Gasteiger partial charge is 0.411 e. The third kappa shape index (κ3) is 10.9. The van der Waals surface area contributed by atoms with Crippen molar-refractivity contribution < 1.29 is 23.4 Å². The van der Waals surface area contributed by atoms with Gasteiger partial charge in [-0.2, -0.15) is 0 Å². The standard InChI is InChI=1S/C13H19ClNO3PS2.C9H11NO2/c1-10(2)15(12-7-5-11(14)6-8-12)13(16)9-21-19(20,17-3)18-4;1-2-12-9(11)10-8-6-4-3-5-7-8/h5-8,10H,9H2,1-4H3;3-7H,2H2,1H3,(H,10,11). The molecule has 0 atom stereocenters. The lowest BCUT2D eigenvalue weighted by molar-refractivity contribution is -0.116. The Kier molecular flexibility index (Phi) is 13.7. The maximum absolute atomic E-state index is 12.5. The van der Waals surface area contributed by atoms with Gasteiger partial charge in [-0.05, 0) is 69.0 Å². The van der Waals surface area contributed by atoms with Crippen LogP contribution in [0.3, 0.4) is 0 Å². The minimum absolute atomic E-state index is 0.0298. The van der Waals surface area contributed by atoms with Crippen molar-refractivity contribution in [3.63, 3.8) is 0 Å². The first-order chi connectivity index (χ1) is 15.7. The highest BCUT2D eigenvalue weighted by atomic mass is 35.5. The van der Waals surface area contributed by atoms with Crippen molar-refractivity contribution in [2.45, 2.75) is 26.8 Å². The van der Waals surface area contributed by atoms with Crippen molar-refractivity contribution in [2.24, 2.45) is 0 Å². The van der Waals surface area contributed by atoms with E-state index in [1.807, 2.05) is 44.2 Å². The number of hydrogen-bond donors (Lipinski definition) is 1. The minimum atomic E-state index is -2.42. The highest BCUT2D eigenvalue weighted by molar-refractivity contribution is 8.68. The number of halogens is 1.